The van der Waals surface area contributed by atoms with Gasteiger partial charge in [-0.3, -0.25) is 0 Å². The summed E-state index contributed by atoms with van der Waals surface area (Å²) in [7, 11) is 0. The maximum absolute atomic E-state index is 15.0. The van der Waals surface area contributed by atoms with Crippen LogP contribution in [0, 0.1) is 11.6 Å². The molecule has 79 heavy (non-hydrogen) atoms. The molecule has 376 valence electrons. The van der Waals surface area contributed by atoms with Gasteiger partial charge in [-0.1, -0.05) is 170 Å². The smallest absolute Gasteiger partial charge is 0.128 e. The fourth-order valence-corrected chi connectivity index (χ4v) is 15.1. The topological polar surface area (TPSA) is 6.48 Å². The lowest BCUT2D eigenvalue weighted by Crippen LogP contribution is -2.33. The summed E-state index contributed by atoms with van der Waals surface area (Å²) in [6.45, 7) is 0. The van der Waals surface area contributed by atoms with E-state index in [2.05, 4.69) is 211 Å². The van der Waals surface area contributed by atoms with Crippen LogP contribution in [-0.4, -0.2) is 0 Å². The number of thiophene rings is 1. The highest BCUT2D eigenvalue weighted by Crippen LogP contribution is 2.64. The van der Waals surface area contributed by atoms with E-state index in [1.165, 1.54) is 81.1 Å². The number of para-hydroxylation sites is 1. The van der Waals surface area contributed by atoms with Crippen LogP contribution >= 0.6 is 23.1 Å². The highest BCUT2D eigenvalue weighted by molar-refractivity contribution is 7.99. The molecule has 1 aromatic heterocycles. The van der Waals surface area contributed by atoms with Crippen LogP contribution in [0.2, 0.25) is 0 Å². The van der Waals surface area contributed by atoms with E-state index in [9.17, 15) is 0 Å². The molecule has 2 heterocycles. The molecule has 12 aromatic rings. The van der Waals surface area contributed by atoms with Gasteiger partial charge in [-0.25, -0.2) is 8.78 Å². The van der Waals surface area contributed by atoms with Gasteiger partial charge in [0.15, 0.2) is 0 Å². The molecule has 1 aliphatic heterocycles. The molecule has 2 nitrogen and oxygen atoms in total. The zero-order valence-electron chi connectivity index (χ0n) is 42.8. The molecule has 11 aromatic carbocycles. The number of anilines is 6. The van der Waals surface area contributed by atoms with Crippen molar-refractivity contribution >= 4 is 83.0 Å². The lowest BCUT2D eigenvalue weighted by molar-refractivity contribution is 0.584. The monoisotopic (exact) mass is 1050 g/mol. The maximum Gasteiger partial charge on any atom is 0.128 e. The summed E-state index contributed by atoms with van der Waals surface area (Å²) in [6.07, 6.45) is 6.71. The third-order valence-corrected chi connectivity index (χ3v) is 18.5. The molecule has 0 bridgehead atoms. The van der Waals surface area contributed by atoms with E-state index in [1.54, 1.807) is 0 Å². The second-order valence-electron chi connectivity index (χ2n) is 20.6. The van der Waals surface area contributed by atoms with Crippen molar-refractivity contribution in [3.63, 3.8) is 0 Å². The Morgan fingerprint density at radius 2 is 0.949 bits per heavy atom. The molecule has 0 saturated heterocycles. The first kappa shape index (κ1) is 47.2. The molecule has 2 aliphatic carbocycles. The van der Waals surface area contributed by atoms with Crippen LogP contribution in [-0.2, 0) is 5.41 Å². The molecule has 15 rings (SSSR count). The lowest BCUT2D eigenvalue weighted by atomic mass is 9.65. The number of hydrogen-bond donors (Lipinski definition) is 0. The number of halogens is 2. The first-order valence-corrected chi connectivity index (χ1v) is 28.4. The quantitative estimate of drug-likeness (QED) is 0.142. The van der Waals surface area contributed by atoms with Gasteiger partial charge in [0, 0.05) is 64.5 Å². The summed E-state index contributed by atoms with van der Waals surface area (Å²) in [5, 5.41) is 2.54. The summed E-state index contributed by atoms with van der Waals surface area (Å²) in [6, 6.07) is 88.9. The molecular formula is C73H48F2N2S2. The minimum absolute atomic E-state index is 0.389. The predicted molar refractivity (Wildman–Crippen MR) is 327 cm³/mol. The largest absolute Gasteiger partial charge is 0.310 e. The maximum atomic E-state index is 15.0. The van der Waals surface area contributed by atoms with Gasteiger partial charge in [0.05, 0.1) is 11.1 Å². The second kappa shape index (κ2) is 19.1. The van der Waals surface area contributed by atoms with Gasteiger partial charge < -0.3 is 9.80 Å². The van der Waals surface area contributed by atoms with Gasteiger partial charge in [0.2, 0.25) is 0 Å². The molecule has 0 fully saturated rings. The SMILES string of the molecule is Fc1cc(F)cc(N(c2ccccc2)c2ccc(N(c3ccc(-c4ccc5sc6ccccc6c5c4)cc3)c3cc(-c4ccccc4)cc(-c4cccc5c4Sc4ccccc4C54C5=C(C=CCC5)c5ccccc54)c3)cc2)c1. The third kappa shape index (κ3) is 7.88. The molecule has 1 atom stereocenters. The number of hydrogen-bond acceptors (Lipinski definition) is 4. The Kier molecular flexibility index (Phi) is 11.4. The van der Waals surface area contributed by atoms with Gasteiger partial charge >= 0.3 is 0 Å². The Bertz CT molecular complexity index is 4410. The Balaban J connectivity index is 0.925. The van der Waals surface area contributed by atoms with Crippen LogP contribution < -0.4 is 9.80 Å². The molecule has 0 saturated carbocycles. The molecule has 1 unspecified atom stereocenters. The lowest BCUT2D eigenvalue weighted by Gasteiger charge is -2.42. The van der Waals surface area contributed by atoms with E-state index in [-0.39, 0.29) is 0 Å². The van der Waals surface area contributed by atoms with E-state index in [0.29, 0.717) is 5.69 Å². The van der Waals surface area contributed by atoms with E-state index in [0.717, 1.165) is 75.2 Å². The van der Waals surface area contributed by atoms with Crippen molar-refractivity contribution in [3.8, 4) is 33.4 Å². The number of allylic oxidation sites excluding steroid dienone is 4. The fourth-order valence-electron chi connectivity index (χ4n) is 12.7. The number of rotatable bonds is 9. The van der Waals surface area contributed by atoms with Crippen LogP contribution in [0.4, 0.5) is 42.9 Å². The van der Waals surface area contributed by atoms with Gasteiger partial charge in [-0.05, 0) is 183 Å². The van der Waals surface area contributed by atoms with Crippen LogP contribution in [0.3, 0.4) is 0 Å². The fraction of sp³-hybridized carbons (Fsp3) is 0.0411. The minimum Gasteiger partial charge on any atom is -0.310 e. The van der Waals surface area contributed by atoms with Crippen molar-refractivity contribution < 1.29 is 8.78 Å². The van der Waals surface area contributed by atoms with Crippen LogP contribution in [0.25, 0.3) is 59.1 Å². The second-order valence-corrected chi connectivity index (χ2v) is 22.7. The summed E-state index contributed by atoms with van der Waals surface area (Å²) >= 11 is 3.72. The minimum atomic E-state index is -0.640. The average Bonchev–Trinajstić information content (AvgIpc) is 3.85. The zero-order valence-corrected chi connectivity index (χ0v) is 44.4. The average molecular weight is 1060 g/mol. The van der Waals surface area contributed by atoms with E-state index in [1.807, 2.05) is 70.5 Å². The molecule has 1 spiro atoms. The predicted octanol–water partition coefficient (Wildman–Crippen LogP) is 21.2. The van der Waals surface area contributed by atoms with Gasteiger partial charge in [-0.15, -0.1) is 11.3 Å². The van der Waals surface area contributed by atoms with Gasteiger partial charge in [-0.2, -0.15) is 0 Å². The normalized spacial score (nSPS) is 15.0. The van der Waals surface area contributed by atoms with E-state index >= 15 is 8.78 Å². The molecular weight excluding hydrogens is 1010 g/mol. The molecule has 0 radical (unpaired) electrons. The van der Waals surface area contributed by atoms with E-state index in [4.69, 9.17) is 0 Å². The van der Waals surface area contributed by atoms with E-state index < -0.39 is 17.0 Å². The van der Waals surface area contributed by atoms with Crippen LogP contribution in [0.1, 0.15) is 35.1 Å². The van der Waals surface area contributed by atoms with Crippen molar-refractivity contribution in [1.82, 2.24) is 0 Å². The molecule has 3 aliphatic rings. The Morgan fingerprint density at radius 1 is 0.380 bits per heavy atom. The van der Waals surface area contributed by atoms with Gasteiger partial charge in [0.1, 0.15) is 11.6 Å². The van der Waals surface area contributed by atoms with Crippen molar-refractivity contribution in [2.24, 2.45) is 0 Å². The molecule has 0 amide bonds. The van der Waals surface area contributed by atoms with Crippen molar-refractivity contribution in [2.45, 2.75) is 28.0 Å². The summed E-state index contributed by atoms with van der Waals surface area (Å²) in [4.78, 5) is 6.77. The Morgan fingerprint density at radius 3 is 1.72 bits per heavy atom. The van der Waals surface area contributed by atoms with Crippen LogP contribution in [0.15, 0.2) is 282 Å². The van der Waals surface area contributed by atoms with Crippen molar-refractivity contribution in [2.75, 3.05) is 9.80 Å². The Labute approximate surface area is 466 Å². The molecule has 0 N–H and O–H groups in total. The highest BCUT2D eigenvalue weighted by atomic mass is 32.2. The molecule has 6 heteroatoms. The third-order valence-electron chi connectivity index (χ3n) is 16.1. The number of benzene rings is 11. The van der Waals surface area contributed by atoms with Crippen molar-refractivity contribution in [1.29, 1.82) is 0 Å². The summed E-state index contributed by atoms with van der Waals surface area (Å²) in [5.41, 5.74) is 19.3. The number of nitrogens with zero attached hydrogens (tertiary/aromatic N) is 2. The first-order chi connectivity index (χ1) is 39.0. The van der Waals surface area contributed by atoms with Crippen LogP contribution in [0.5, 0.6) is 0 Å². The number of fused-ring (bicyclic) bond motifs is 11. The highest BCUT2D eigenvalue weighted by Gasteiger charge is 2.51. The standard InChI is InChI=1S/C73H48F2N2S2/c74-52-44-53(75)46-59(45-52)76(54-18-5-2-6-19-54)56-35-37-57(38-36-56)77(55-33-30-48(31-34-55)49-32-39-70-64(43-49)63-22-9-13-28-69(63)78-70)58-41-50(47-16-3-1-4-17-47)40-51(42-58)60-23-15-27-68-72(60)79-71-29-14-12-26-67(71)73(68)65-24-10-7-20-61(65)62-21-8-11-25-66(62)73/h1-10,12-24,26-46H,11,25H2. The van der Waals surface area contributed by atoms with Gasteiger partial charge in [0.25, 0.3) is 0 Å². The summed E-state index contributed by atoms with van der Waals surface area (Å²) < 4.78 is 32.6. The summed E-state index contributed by atoms with van der Waals surface area (Å²) in [5.74, 6) is -1.28. The zero-order chi connectivity index (χ0) is 52.6. The van der Waals surface area contributed by atoms with Crippen molar-refractivity contribution in [3.05, 3.63) is 306 Å². The first-order valence-electron chi connectivity index (χ1n) is 26.8. The Hall–Kier alpha value is -9.07.